The lowest BCUT2D eigenvalue weighted by Crippen LogP contribution is -2.41. The van der Waals surface area contributed by atoms with Crippen molar-refractivity contribution in [2.24, 2.45) is 4.40 Å². The number of hydrogen-bond donors (Lipinski definition) is 0. The largest absolute Gasteiger partial charge is 0.603 e. The number of hydrogen-bond acceptors (Lipinski definition) is 4. The second-order valence-corrected chi connectivity index (χ2v) is 5.07. The first-order valence-corrected chi connectivity index (χ1v) is 4.48. The summed E-state index contributed by atoms with van der Waals surface area (Å²) in [6, 6.07) is 0. The number of quaternary nitrogens is 1. The maximum Gasteiger partial charge on any atom is 0.415 e. The smallest absolute Gasteiger partial charge is 0.415 e. The summed E-state index contributed by atoms with van der Waals surface area (Å²) in [5.41, 5.74) is 0. The number of nitrogens with zero attached hydrogens (tertiary/aromatic N) is 2. The van der Waals surface area contributed by atoms with E-state index in [1.54, 1.807) is 0 Å². The van der Waals surface area contributed by atoms with Gasteiger partial charge in [0, 0.05) is 0 Å². The van der Waals surface area contributed by atoms with E-state index in [0.29, 0.717) is 0 Å². The molecule has 7 heteroatoms. The third-order valence-corrected chi connectivity index (χ3v) is 2.82. The first kappa shape index (κ1) is 11.2. The molecule has 0 amide bonds. The van der Waals surface area contributed by atoms with E-state index in [2.05, 4.69) is 9.13 Å². The second-order valence-electron chi connectivity index (χ2n) is 2.90. The molecule has 0 radical (unpaired) electrons. The highest BCUT2D eigenvalue weighted by Gasteiger charge is 2.26. The van der Waals surface area contributed by atoms with Gasteiger partial charge in [-0.25, -0.2) is 3.89 Å². The Hall–Kier alpha value is -0.820. The van der Waals surface area contributed by atoms with Crippen LogP contribution in [0.5, 0.6) is 0 Å². The van der Waals surface area contributed by atoms with Crippen molar-refractivity contribution in [1.29, 1.82) is 0 Å². The maximum absolute atomic E-state index is 11.1. The monoisotopic (exact) mass is 196 g/mol. The Morgan fingerprint density at radius 1 is 1.42 bits per heavy atom. The lowest BCUT2D eigenvalue weighted by molar-refractivity contribution is -0.739. The molecule has 0 aromatic heterocycles. The first-order chi connectivity index (χ1) is 5.20. The van der Waals surface area contributed by atoms with Crippen LogP contribution in [-0.2, 0) is 14.9 Å². The van der Waals surface area contributed by atoms with E-state index in [1.165, 1.54) is 21.1 Å². The Labute approximate surface area is 71.9 Å². The van der Waals surface area contributed by atoms with Crippen LogP contribution >= 0.6 is 0 Å². The second kappa shape index (κ2) is 3.28. The summed E-state index contributed by atoms with van der Waals surface area (Å²) in [5.74, 6) is 0. The minimum atomic E-state index is -3.82. The number of ether oxygens (including phenoxy) is 1. The van der Waals surface area contributed by atoms with Gasteiger partial charge in [-0.1, -0.05) is 4.40 Å². The van der Waals surface area contributed by atoms with Crippen molar-refractivity contribution in [2.75, 3.05) is 28.3 Å². The van der Waals surface area contributed by atoms with E-state index < -0.39 is 20.2 Å². The number of methoxy groups -OCH3 is 1. The third-order valence-electron chi connectivity index (χ3n) is 1.06. The van der Waals surface area contributed by atoms with E-state index in [1.807, 2.05) is 0 Å². The molecule has 0 aromatic carbocycles. The molecule has 0 bridgehead atoms. The summed E-state index contributed by atoms with van der Waals surface area (Å²) >= 11 is 0. The van der Waals surface area contributed by atoms with Crippen molar-refractivity contribution < 1.29 is 22.1 Å². The van der Waals surface area contributed by atoms with Crippen LogP contribution in [-0.4, -0.2) is 46.6 Å². The normalized spacial score (nSPS) is 14.5. The highest BCUT2D eigenvalue weighted by Crippen LogP contribution is 2.05. The SMILES string of the molecule is CO/C([O-])=N/S(=O)(=O)[N+](C)(C)C. The van der Waals surface area contributed by atoms with Crippen LogP contribution in [0.1, 0.15) is 0 Å². The average Bonchev–Trinajstić information content (AvgIpc) is 1.84. The Kier molecular flexibility index (Phi) is 3.05. The molecule has 12 heavy (non-hydrogen) atoms. The van der Waals surface area contributed by atoms with E-state index in [-0.39, 0.29) is 0 Å². The molecule has 0 aromatic rings. The quantitative estimate of drug-likeness (QED) is 0.299. The van der Waals surface area contributed by atoms with Crippen molar-refractivity contribution in [1.82, 2.24) is 0 Å². The molecular weight excluding hydrogens is 184 g/mol. The molecule has 0 aliphatic heterocycles. The molecule has 0 spiro atoms. The van der Waals surface area contributed by atoms with Crippen LogP contribution in [0.25, 0.3) is 0 Å². The fourth-order valence-electron chi connectivity index (χ4n) is 0.254. The predicted molar refractivity (Wildman–Crippen MR) is 41.4 cm³/mol. The molecule has 0 unspecified atom stereocenters. The van der Waals surface area contributed by atoms with E-state index in [4.69, 9.17) is 0 Å². The lowest BCUT2D eigenvalue weighted by atomic mass is 11.0. The van der Waals surface area contributed by atoms with Gasteiger partial charge in [0.15, 0.2) is 6.08 Å². The topological polar surface area (TPSA) is 78.8 Å². The maximum atomic E-state index is 11.1. The average molecular weight is 196 g/mol. The van der Waals surface area contributed by atoms with E-state index >= 15 is 0 Å². The summed E-state index contributed by atoms with van der Waals surface area (Å²) in [4.78, 5) is 0. The van der Waals surface area contributed by atoms with Crippen LogP contribution in [0.15, 0.2) is 4.40 Å². The molecular formula is C5H12N2O4S. The summed E-state index contributed by atoms with van der Waals surface area (Å²) in [6.45, 7) is 0. The Morgan fingerprint density at radius 3 is 2.08 bits per heavy atom. The molecule has 0 fully saturated rings. The van der Waals surface area contributed by atoms with Crippen molar-refractivity contribution in [3.8, 4) is 0 Å². The molecule has 0 atom stereocenters. The summed E-state index contributed by atoms with van der Waals surface area (Å²) in [5, 5.41) is 10.5. The van der Waals surface area contributed by atoms with Crippen molar-refractivity contribution in [3.05, 3.63) is 0 Å². The predicted octanol–water partition coefficient (Wildman–Crippen LogP) is -1.70. The van der Waals surface area contributed by atoms with E-state index in [0.717, 1.165) is 7.11 Å². The van der Waals surface area contributed by atoms with Gasteiger partial charge in [-0.15, -0.1) is 8.42 Å². The summed E-state index contributed by atoms with van der Waals surface area (Å²) in [7, 11) is 1.42. The summed E-state index contributed by atoms with van der Waals surface area (Å²) < 4.78 is 28.8. The van der Waals surface area contributed by atoms with Crippen LogP contribution < -0.4 is 5.11 Å². The molecule has 0 saturated carbocycles. The van der Waals surface area contributed by atoms with Gasteiger partial charge in [0.2, 0.25) is 0 Å². The van der Waals surface area contributed by atoms with Crippen molar-refractivity contribution in [2.45, 2.75) is 0 Å². The zero-order valence-electron chi connectivity index (χ0n) is 7.44. The lowest BCUT2D eigenvalue weighted by Gasteiger charge is -2.20. The molecule has 0 N–H and O–H groups in total. The minimum absolute atomic E-state index is 0.442. The molecule has 0 saturated heterocycles. The Bertz CT molecular complexity index is 274. The third kappa shape index (κ3) is 2.67. The van der Waals surface area contributed by atoms with Crippen LogP contribution in [0.3, 0.4) is 0 Å². The molecule has 0 aliphatic carbocycles. The van der Waals surface area contributed by atoms with Gasteiger partial charge in [-0.05, 0) is 7.11 Å². The van der Waals surface area contributed by atoms with Gasteiger partial charge < -0.3 is 9.84 Å². The minimum Gasteiger partial charge on any atom is -0.603 e. The molecule has 0 aliphatic rings. The summed E-state index contributed by atoms with van der Waals surface area (Å²) in [6.07, 6.45) is -1.11. The van der Waals surface area contributed by atoms with Crippen LogP contribution in [0.2, 0.25) is 0 Å². The van der Waals surface area contributed by atoms with Crippen molar-refractivity contribution in [3.63, 3.8) is 0 Å². The first-order valence-electron chi connectivity index (χ1n) is 3.08. The van der Waals surface area contributed by atoms with Gasteiger partial charge in [-0.3, -0.25) is 0 Å². The van der Waals surface area contributed by atoms with E-state index in [9.17, 15) is 13.5 Å². The van der Waals surface area contributed by atoms with Gasteiger partial charge in [0.1, 0.15) is 0 Å². The standard InChI is InChI=1S/C5H12N2O4S/c1-7(2,3)12(9,10)6-5(8)11-4/h1-4H3. The fraction of sp³-hybridized carbons (Fsp3) is 0.800. The van der Waals surface area contributed by atoms with Gasteiger partial charge in [0.05, 0.1) is 21.1 Å². The fourth-order valence-corrected chi connectivity index (χ4v) is 0.762. The van der Waals surface area contributed by atoms with Crippen LogP contribution in [0, 0.1) is 0 Å². The highest BCUT2D eigenvalue weighted by atomic mass is 32.2. The zero-order valence-corrected chi connectivity index (χ0v) is 8.25. The van der Waals surface area contributed by atoms with Crippen LogP contribution in [0.4, 0.5) is 0 Å². The zero-order chi connectivity index (χ0) is 9.99. The molecule has 0 heterocycles. The van der Waals surface area contributed by atoms with Gasteiger partial charge in [0.25, 0.3) is 0 Å². The highest BCUT2D eigenvalue weighted by molar-refractivity contribution is 7.84. The number of rotatable bonds is 2. The van der Waals surface area contributed by atoms with Crippen molar-refractivity contribution >= 4 is 16.3 Å². The molecule has 0 rings (SSSR count). The molecule has 72 valence electrons. The molecule has 6 nitrogen and oxygen atoms in total. The van der Waals surface area contributed by atoms with Gasteiger partial charge >= 0.3 is 10.2 Å². The Balaban J connectivity index is 4.93. The van der Waals surface area contributed by atoms with Gasteiger partial charge in [-0.2, -0.15) is 0 Å². The Morgan fingerprint density at radius 2 is 1.83 bits per heavy atom.